The summed E-state index contributed by atoms with van der Waals surface area (Å²) in [6.07, 6.45) is 1.31. The van der Waals surface area contributed by atoms with Crippen molar-refractivity contribution in [3.63, 3.8) is 0 Å². The third-order valence-electron chi connectivity index (χ3n) is 2.10. The number of rotatable bonds is 3. The molecule has 0 spiro atoms. The number of benzene rings is 1. The van der Waals surface area contributed by atoms with Gasteiger partial charge in [-0.3, -0.25) is 4.79 Å². The van der Waals surface area contributed by atoms with E-state index >= 15 is 0 Å². The number of amides is 1. The summed E-state index contributed by atoms with van der Waals surface area (Å²) in [7, 11) is -3.83. The fourth-order valence-corrected chi connectivity index (χ4v) is 2.47. The molecule has 0 saturated heterocycles. The summed E-state index contributed by atoms with van der Waals surface area (Å²) in [5, 5.41) is 11.1. The number of primary sulfonamides is 1. The first kappa shape index (κ1) is 13.9. The minimum atomic E-state index is -3.83. The van der Waals surface area contributed by atoms with Gasteiger partial charge in [-0.1, -0.05) is 16.1 Å². The number of nitrogens with zero attached hydrogens (tertiary/aromatic N) is 2. The minimum Gasteiger partial charge on any atom is -0.320 e. The van der Waals surface area contributed by atoms with Crippen LogP contribution >= 0.6 is 23.1 Å². The second kappa shape index (κ2) is 5.21. The van der Waals surface area contributed by atoms with Gasteiger partial charge in [-0.15, -0.1) is 5.10 Å². The maximum absolute atomic E-state index is 11.7. The van der Waals surface area contributed by atoms with Gasteiger partial charge in [-0.25, -0.2) is 13.6 Å². The average Bonchev–Trinajstić information content (AvgIpc) is 2.84. The summed E-state index contributed by atoms with van der Waals surface area (Å²) < 4.78 is 25.8. The number of sulfonamides is 1. The summed E-state index contributed by atoms with van der Waals surface area (Å²) in [5.41, 5.74) is 0.271. The van der Waals surface area contributed by atoms with E-state index in [9.17, 15) is 13.2 Å². The number of anilines is 1. The van der Waals surface area contributed by atoms with Gasteiger partial charge in [0.2, 0.25) is 10.0 Å². The first-order chi connectivity index (χ1) is 8.88. The first-order valence-electron chi connectivity index (χ1n) is 4.79. The third-order valence-corrected chi connectivity index (χ3v) is 3.99. The lowest BCUT2D eigenvalue weighted by Gasteiger charge is -2.07. The fraction of sp³-hybridized carbons (Fsp3) is 0. The van der Waals surface area contributed by atoms with Gasteiger partial charge in [0, 0.05) is 0 Å². The van der Waals surface area contributed by atoms with Crippen LogP contribution in [-0.2, 0) is 10.0 Å². The highest BCUT2D eigenvalue weighted by Crippen LogP contribution is 2.25. The molecule has 0 fully saturated rings. The Kier molecular flexibility index (Phi) is 3.80. The second-order valence-corrected chi connectivity index (χ2v) is 6.18. The number of aromatic nitrogens is 2. The lowest BCUT2D eigenvalue weighted by Crippen LogP contribution is -2.13. The molecule has 3 N–H and O–H groups in total. The molecule has 0 atom stereocenters. The summed E-state index contributed by atoms with van der Waals surface area (Å²) >= 11 is 6.81. The van der Waals surface area contributed by atoms with Gasteiger partial charge in [-0.05, 0) is 29.7 Å². The highest BCUT2D eigenvalue weighted by atomic mass is 35.5. The van der Waals surface area contributed by atoms with Crippen molar-refractivity contribution in [1.29, 1.82) is 0 Å². The van der Waals surface area contributed by atoms with Crippen LogP contribution in [0.4, 0.5) is 5.69 Å². The van der Waals surface area contributed by atoms with Crippen molar-refractivity contribution in [3.8, 4) is 0 Å². The molecule has 0 aliphatic heterocycles. The van der Waals surface area contributed by atoms with Gasteiger partial charge in [-0.2, -0.15) is 0 Å². The van der Waals surface area contributed by atoms with Crippen molar-refractivity contribution in [1.82, 2.24) is 9.59 Å². The molecule has 1 amide bonds. The van der Waals surface area contributed by atoms with Crippen LogP contribution in [-0.4, -0.2) is 23.9 Å². The molecule has 0 bridgehead atoms. The molecule has 7 nitrogen and oxygen atoms in total. The van der Waals surface area contributed by atoms with Crippen molar-refractivity contribution in [2.75, 3.05) is 5.32 Å². The average molecular weight is 319 g/mol. The zero-order chi connectivity index (χ0) is 14.0. The van der Waals surface area contributed by atoms with E-state index in [0.29, 0.717) is 4.88 Å². The maximum atomic E-state index is 11.7. The Balaban J connectivity index is 2.25. The quantitative estimate of drug-likeness (QED) is 0.879. The van der Waals surface area contributed by atoms with Crippen LogP contribution in [0.1, 0.15) is 9.67 Å². The molecule has 100 valence electrons. The topological polar surface area (TPSA) is 115 Å². The number of hydrogen-bond donors (Lipinski definition) is 2. The highest BCUT2D eigenvalue weighted by molar-refractivity contribution is 7.89. The number of carbonyl (C=O) groups excluding carboxylic acids is 1. The molecule has 19 heavy (non-hydrogen) atoms. The van der Waals surface area contributed by atoms with Crippen LogP contribution in [0.15, 0.2) is 29.3 Å². The van der Waals surface area contributed by atoms with E-state index in [1.165, 1.54) is 18.3 Å². The van der Waals surface area contributed by atoms with Crippen molar-refractivity contribution < 1.29 is 13.2 Å². The van der Waals surface area contributed by atoms with Gasteiger partial charge in [0.25, 0.3) is 5.91 Å². The van der Waals surface area contributed by atoms with Gasteiger partial charge < -0.3 is 5.32 Å². The predicted molar refractivity (Wildman–Crippen MR) is 70.7 cm³/mol. The molecule has 0 saturated carbocycles. The van der Waals surface area contributed by atoms with E-state index in [4.69, 9.17) is 16.7 Å². The van der Waals surface area contributed by atoms with Gasteiger partial charge in [0.05, 0.1) is 21.8 Å². The number of carbonyl (C=O) groups is 1. The van der Waals surface area contributed by atoms with Crippen molar-refractivity contribution in [2.45, 2.75) is 4.90 Å². The number of nitrogens with two attached hydrogens (primary N) is 1. The molecule has 2 aromatic rings. The zero-order valence-electron chi connectivity index (χ0n) is 9.20. The Bertz CT molecular complexity index is 715. The maximum Gasteiger partial charge on any atom is 0.269 e. The largest absolute Gasteiger partial charge is 0.320 e. The van der Waals surface area contributed by atoms with E-state index in [1.54, 1.807) is 0 Å². The Morgan fingerprint density at radius 1 is 1.42 bits per heavy atom. The Morgan fingerprint density at radius 2 is 2.16 bits per heavy atom. The molecule has 0 radical (unpaired) electrons. The van der Waals surface area contributed by atoms with Crippen LogP contribution < -0.4 is 10.5 Å². The molecule has 0 aliphatic rings. The van der Waals surface area contributed by atoms with Crippen molar-refractivity contribution >= 4 is 44.8 Å². The van der Waals surface area contributed by atoms with E-state index in [1.807, 2.05) is 0 Å². The lowest BCUT2D eigenvalue weighted by atomic mass is 10.3. The molecular formula is C9H7ClN4O3S2. The molecule has 1 aromatic carbocycles. The van der Waals surface area contributed by atoms with Gasteiger partial charge >= 0.3 is 0 Å². The summed E-state index contributed by atoms with van der Waals surface area (Å²) in [5.74, 6) is -0.430. The third kappa shape index (κ3) is 3.26. The van der Waals surface area contributed by atoms with E-state index in [0.717, 1.165) is 17.6 Å². The second-order valence-electron chi connectivity index (χ2n) is 3.42. The fourth-order valence-electron chi connectivity index (χ4n) is 1.23. The summed E-state index contributed by atoms with van der Waals surface area (Å²) in [6.45, 7) is 0. The smallest absolute Gasteiger partial charge is 0.269 e. The van der Waals surface area contributed by atoms with Crippen molar-refractivity contribution in [3.05, 3.63) is 34.3 Å². The van der Waals surface area contributed by atoms with Crippen LogP contribution in [0, 0.1) is 0 Å². The lowest BCUT2D eigenvalue weighted by molar-refractivity contribution is 0.103. The predicted octanol–water partition coefficient (Wildman–Crippen LogP) is 1.09. The van der Waals surface area contributed by atoms with E-state index < -0.39 is 15.9 Å². The van der Waals surface area contributed by atoms with Crippen molar-refractivity contribution in [2.24, 2.45) is 5.14 Å². The number of nitrogens with one attached hydrogen (secondary N) is 1. The molecule has 2 rings (SSSR count). The monoisotopic (exact) mass is 318 g/mol. The number of halogens is 1. The Labute approximate surface area is 117 Å². The standard InChI is InChI=1S/C9H7ClN4O3S2/c10-6-3-5(19(11,16)17)1-2-7(6)13-9(15)8-4-12-14-18-8/h1-4H,(H,13,15)(H2,11,16,17). The van der Waals surface area contributed by atoms with Crippen LogP contribution in [0.2, 0.25) is 5.02 Å². The molecular weight excluding hydrogens is 312 g/mol. The highest BCUT2D eigenvalue weighted by Gasteiger charge is 2.14. The van der Waals surface area contributed by atoms with E-state index in [2.05, 4.69) is 14.9 Å². The molecule has 1 heterocycles. The van der Waals surface area contributed by atoms with Crippen LogP contribution in [0.25, 0.3) is 0 Å². The summed E-state index contributed by atoms with van der Waals surface area (Å²) in [6, 6.07) is 3.77. The van der Waals surface area contributed by atoms with E-state index in [-0.39, 0.29) is 15.6 Å². The Hall–Kier alpha value is -1.55. The van der Waals surface area contributed by atoms with Gasteiger partial charge in [0.15, 0.2) is 0 Å². The molecule has 0 aliphatic carbocycles. The van der Waals surface area contributed by atoms with Crippen LogP contribution in [0.5, 0.6) is 0 Å². The summed E-state index contributed by atoms with van der Waals surface area (Å²) in [4.78, 5) is 11.9. The van der Waals surface area contributed by atoms with Crippen LogP contribution in [0.3, 0.4) is 0 Å². The normalized spacial score (nSPS) is 11.3. The Morgan fingerprint density at radius 3 is 2.68 bits per heavy atom. The first-order valence-corrected chi connectivity index (χ1v) is 7.49. The molecule has 10 heteroatoms. The minimum absolute atomic E-state index is 0.0670. The molecule has 1 aromatic heterocycles. The van der Waals surface area contributed by atoms with Gasteiger partial charge in [0.1, 0.15) is 4.88 Å². The zero-order valence-corrected chi connectivity index (χ0v) is 11.6. The SMILES string of the molecule is NS(=O)(=O)c1ccc(NC(=O)c2cnns2)c(Cl)c1. The number of hydrogen-bond acceptors (Lipinski definition) is 6. The molecule has 0 unspecified atom stereocenters.